The quantitative estimate of drug-likeness (QED) is 0.619. The van der Waals surface area contributed by atoms with E-state index in [1.807, 2.05) is 0 Å². The van der Waals surface area contributed by atoms with Crippen LogP contribution in [0.5, 0.6) is 0 Å². The van der Waals surface area contributed by atoms with Crippen molar-refractivity contribution in [2.45, 2.75) is 97.0 Å². The van der Waals surface area contributed by atoms with Gasteiger partial charge >= 0.3 is 0 Å². The molecular formula is C18H34O. The molecule has 1 nitrogen and oxygen atoms in total. The molecule has 0 aromatic rings. The van der Waals surface area contributed by atoms with E-state index in [2.05, 4.69) is 13.8 Å². The highest BCUT2D eigenvalue weighted by Crippen LogP contribution is 2.51. The third-order valence-electron chi connectivity index (χ3n) is 5.71. The van der Waals surface area contributed by atoms with Crippen molar-refractivity contribution in [3.05, 3.63) is 0 Å². The van der Waals surface area contributed by atoms with Crippen LogP contribution in [0.25, 0.3) is 0 Å². The van der Waals surface area contributed by atoms with Crippen molar-refractivity contribution >= 4 is 0 Å². The Morgan fingerprint density at radius 3 is 2.68 bits per heavy atom. The van der Waals surface area contributed by atoms with Crippen LogP contribution in [0, 0.1) is 17.3 Å². The van der Waals surface area contributed by atoms with Crippen molar-refractivity contribution in [3.63, 3.8) is 0 Å². The van der Waals surface area contributed by atoms with Crippen molar-refractivity contribution in [2.75, 3.05) is 0 Å². The molecule has 2 bridgehead atoms. The molecule has 2 aliphatic carbocycles. The highest BCUT2D eigenvalue weighted by molar-refractivity contribution is 4.92. The molecular weight excluding hydrogens is 232 g/mol. The van der Waals surface area contributed by atoms with Gasteiger partial charge in [0.05, 0.1) is 6.10 Å². The number of unbranched alkanes of at least 4 members (excludes halogenated alkanes) is 4. The third kappa shape index (κ3) is 4.48. The van der Waals surface area contributed by atoms with E-state index in [9.17, 15) is 5.11 Å². The van der Waals surface area contributed by atoms with Crippen molar-refractivity contribution in [2.24, 2.45) is 17.3 Å². The van der Waals surface area contributed by atoms with Gasteiger partial charge in [0, 0.05) is 0 Å². The fraction of sp³-hybridized carbons (Fsp3) is 1.00. The average molecular weight is 266 g/mol. The molecule has 112 valence electrons. The zero-order valence-electron chi connectivity index (χ0n) is 13.2. The Kier molecular flexibility index (Phi) is 5.74. The van der Waals surface area contributed by atoms with Gasteiger partial charge in [-0.25, -0.2) is 0 Å². The lowest BCUT2D eigenvalue weighted by Crippen LogP contribution is -2.39. The topological polar surface area (TPSA) is 20.2 Å². The Labute approximate surface area is 120 Å². The molecule has 4 unspecified atom stereocenters. The molecule has 2 rings (SSSR count). The Morgan fingerprint density at radius 1 is 1.16 bits per heavy atom. The van der Waals surface area contributed by atoms with Crippen LogP contribution < -0.4 is 0 Å². The molecule has 0 aromatic carbocycles. The molecule has 2 aliphatic rings. The number of hydrogen-bond donors (Lipinski definition) is 1. The highest BCUT2D eigenvalue weighted by Gasteiger charge is 2.41. The number of aliphatic hydroxyl groups is 1. The summed E-state index contributed by atoms with van der Waals surface area (Å²) < 4.78 is 0. The number of aliphatic hydroxyl groups excluding tert-OH is 1. The largest absolute Gasteiger partial charge is 0.393 e. The van der Waals surface area contributed by atoms with E-state index in [-0.39, 0.29) is 6.10 Å². The van der Waals surface area contributed by atoms with Crippen LogP contribution in [0.15, 0.2) is 0 Å². The van der Waals surface area contributed by atoms with Gasteiger partial charge in [0.2, 0.25) is 0 Å². The zero-order valence-corrected chi connectivity index (χ0v) is 13.2. The molecule has 0 radical (unpaired) electrons. The van der Waals surface area contributed by atoms with Crippen LogP contribution in [-0.2, 0) is 0 Å². The maximum absolute atomic E-state index is 10.5. The van der Waals surface area contributed by atoms with Crippen LogP contribution in [0.3, 0.4) is 0 Å². The second-order valence-electron chi connectivity index (χ2n) is 7.74. The standard InChI is InChI=1S/C18H34O/c1-3-4-5-6-7-10-17(19)16-12-15-9-8-11-18(2,13-15)14-16/h15-17,19H,3-14H2,1-2H3. The lowest BCUT2D eigenvalue weighted by molar-refractivity contribution is -0.0124. The first-order chi connectivity index (χ1) is 9.13. The minimum atomic E-state index is -0.0122. The molecule has 2 saturated carbocycles. The zero-order chi connectivity index (χ0) is 13.7. The molecule has 0 aromatic heterocycles. The fourth-order valence-corrected chi connectivity index (χ4v) is 4.74. The first-order valence-corrected chi connectivity index (χ1v) is 8.81. The first kappa shape index (κ1) is 15.4. The number of fused-ring (bicyclic) bond motifs is 2. The van der Waals surface area contributed by atoms with Crippen LogP contribution in [-0.4, -0.2) is 11.2 Å². The molecule has 4 atom stereocenters. The molecule has 2 fully saturated rings. The molecule has 19 heavy (non-hydrogen) atoms. The number of rotatable bonds is 7. The van der Waals surface area contributed by atoms with Gasteiger partial charge in [0.25, 0.3) is 0 Å². The lowest BCUT2D eigenvalue weighted by atomic mass is 9.59. The van der Waals surface area contributed by atoms with Crippen LogP contribution in [0.1, 0.15) is 90.9 Å². The molecule has 0 heterocycles. The second-order valence-corrected chi connectivity index (χ2v) is 7.74. The van der Waals surface area contributed by atoms with Gasteiger partial charge in [0.1, 0.15) is 0 Å². The van der Waals surface area contributed by atoms with Crippen molar-refractivity contribution in [3.8, 4) is 0 Å². The van der Waals surface area contributed by atoms with E-state index in [1.165, 1.54) is 70.6 Å². The average Bonchev–Trinajstić information content (AvgIpc) is 2.36. The van der Waals surface area contributed by atoms with E-state index >= 15 is 0 Å². The van der Waals surface area contributed by atoms with Gasteiger partial charge in [-0.05, 0) is 49.4 Å². The van der Waals surface area contributed by atoms with Gasteiger partial charge in [0.15, 0.2) is 0 Å². The van der Waals surface area contributed by atoms with Gasteiger partial charge < -0.3 is 5.11 Å². The summed E-state index contributed by atoms with van der Waals surface area (Å²) in [6, 6.07) is 0. The van der Waals surface area contributed by atoms with Crippen LogP contribution in [0.2, 0.25) is 0 Å². The molecule has 0 aliphatic heterocycles. The Bertz CT molecular complexity index is 262. The number of hydrogen-bond acceptors (Lipinski definition) is 1. The van der Waals surface area contributed by atoms with Gasteiger partial charge in [-0.15, -0.1) is 0 Å². The Balaban J connectivity index is 1.72. The summed E-state index contributed by atoms with van der Waals surface area (Å²) in [7, 11) is 0. The van der Waals surface area contributed by atoms with Crippen LogP contribution >= 0.6 is 0 Å². The molecule has 0 saturated heterocycles. The summed E-state index contributed by atoms with van der Waals surface area (Å²) in [5, 5.41) is 10.5. The van der Waals surface area contributed by atoms with E-state index in [0.717, 1.165) is 12.3 Å². The lowest BCUT2D eigenvalue weighted by Gasteiger charge is -2.47. The molecule has 0 amide bonds. The summed E-state index contributed by atoms with van der Waals surface area (Å²) in [5.74, 6) is 1.53. The summed E-state index contributed by atoms with van der Waals surface area (Å²) in [4.78, 5) is 0. The Hall–Kier alpha value is -0.0400. The van der Waals surface area contributed by atoms with Gasteiger partial charge in [-0.1, -0.05) is 58.8 Å². The minimum Gasteiger partial charge on any atom is -0.393 e. The van der Waals surface area contributed by atoms with Crippen molar-refractivity contribution in [1.29, 1.82) is 0 Å². The minimum absolute atomic E-state index is 0.0122. The van der Waals surface area contributed by atoms with Crippen molar-refractivity contribution < 1.29 is 5.11 Å². The molecule has 1 N–H and O–H groups in total. The van der Waals surface area contributed by atoms with Gasteiger partial charge in [-0.3, -0.25) is 0 Å². The summed E-state index contributed by atoms with van der Waals surface area (Å²) in [6.45, 7) is 4.73. The second kappa shape index (κ2) is 7.11. The summed E-state index contributed by atoms with van der Waals surface area (Å²) in [6.07, 6.45) is 15.9. The molecule has 1 heteroatoms. The van der Waals surface area contributed by atoms with Gasteiger partial charge in [-0.2, -0.15) is 0 Å². The first-order valence-electron chi connectivity index (χ1n) is 8.81. The third-order valence-corrected chi connectivity index (χ3v) is 5.71. The fourth-order valence-electron chi connectivity index (χ4n) is 4.74. The predicted octanol–water partition coefficient (Wildman–Crippen LogP) is 5.31. The van der Waals surface area contributed by atoms with E-state index in [4.69, 9.17) is 0 Å². The Morgan fingerprint density at radius 2 is 1.95 bits per heavy atom. The smallest absolute Gasteiger partial charge is 0.0568 e. The SMILES string of the molecule is CCCCCCCC(O)C1CC2CCCC(C)(C2)C1. The van der Waals surface area contributed by atoms with E-state index in [0.29, 0.717) is 11.3 Å². The monoisotopic (exact) mass is 266 g/mol. The predicted molar refractivity (Wildman–Crippen MR) is 82.2 cm³/mol. The van der Waals surface area contributed by atoms with Crippen LogP contribution in [0.4, 0.5) is 0 Å². The maximum atomic E-state index is 10.5. The molecule has 0 spiro atoms. The van der Waals surface area contributed by atoms with E-state index in [1.54, 1.807) is 0 Å². The summed E-state index contributed by atoms with van der Waals surface area (Å²) >= 11 is 0. The maximum Gasteiger partial charge on any atom is 0.0568 e. The van der Waals surface area contributed by atoms with E-state index < -0.39 is 0 Å². The van der Waals surface area contributed by atoms with Crippen molar-refractivity contribution in [1.82, 2.24) is 0 Å². The highest BCUT2D eigenvalue weighted by atomic mass is 16.3. The summed E-state index contributed by atoms with van der Waals surface area (Å²) in [5.41, 5.74) is 0.565. The normalized spacial score (nSPS) is 36.2.